The van der Waals surface area contributed by atoms with Crippen LogP contribution in [0.25, 0.3) is 0 Å². The highest BCUT2D eigenvalue weighted by Gasteiger charge is 2.54. The molecule has 1 saturated heterocycles. The van der Waals surface area contributed by atoms with Crippen LogP contribution in [0, 0.1) is 5.92 Å². The number of unbranched alkanes of at least 4 members (excludes halogenated alkanes) is 1. The summed E-state index contributed by atoms with van der Waals surface area (Å²) < 4.78 is 49.3. The van der Waals surface area contributed by atoms with E-state index < -0.39 is 85.3 Å². The summed E-state index contributed by atoms with van der Waals surface area (Å²) in [5, 5.41) is 0. The molecule has 2 heterocycles. The van der Waals surface area contributed by atoms with Crippen LogP contribution in [-0.2, 0) is 71.4 Å². The van der Waals surface area contributed by atoms with E-state index in [2.05, 4.69) is 0 Å². The standard InChI is InChI=1S/C29H40O15/c1-8-10-11-37-23(34)12-20-19(9-2)28(39-13-21(20)27(35)36-7)44-29-26(42-18(6)33)25(41-17(5)32)24(40-16(4)31)22(43-29)14-38-15(3)30/h9,13,20,22,24-26,28-29H,8,10-12,14H2,1-7H3/b19-9+/t20-,22+,24+,25-,26+,28-,29-/m0/s1. The van der Waals surface area contributed by atoms with Crippen molar-refractivity contribution in [3.05, 3.63) is 23.5 Å². The lowest BCUT2D eigenvalue weighted by molar-refractivity contribution is -0.331. The molecule has 0 N–H and O–H groups in total. The van der Waals surface area contributed by atoms with Crippen LogP contribution < -0.4 is 0 Å². The molecule has 0 spiro atoms. The summed E-state index contributed by atoms with van der Waals surface area (Å²) in [5.74, 6) is -5.32. The Morgan fingerprint density at radius 3 is 2.02 bits per heavy atom. The minimum atomic E-state index is -1.57. The number of carbonyl (C=O) groups is 6. The molecule has 246 valence electrons. The van der Waals surface area contributed by atoms with Gasteiger partial charge < -0.3 is 42.6 Å². The number of hydrogen-bond acceptors (Lipinski definition) is 15. The molecule has 0 aromatic carbocycles. The van der Waals surface area contributed by atoms with E-state index in [0.717, 1.165) is 40.4 Å². The second-order valence-corrected chi connectivity index (χ2v) is 9.86. The molecule has 0 aromatic rings. The fourth-order valence-electron chi connectivity index (χ4n) is 4.60. The first-order valence-electron chi connectivity index (χ1n) is 14.0. The Bertz CT molecular complexity index is 1130. The fourth-order valence-corrected chi connectivity index (χ4v) is 4.60. The summed E-state index contributed by atoms with van der Waals surface area (Å²) in [4.78, 5) is 73.1. The van der Waals surface area contributed by atoms with Gasteiger partial charge in [0.05, 0.1) is 32.0 Å². The first-order chi connectivity index (χ1) is 20.8. The lowest BCUT2D eigenvalue weighted by Crippen LogP contribution is -2.63. The minimum absolute atomic E-state index is 0.0226. The molecule has 2 aliphatic rings. The minimum Gasteiger partial charge on any atom is -0.468 e. The van der Waals surface area contributed by atoms with Gasteiger partial charge in [-0.1, -0.05) is 19.4 Å². The number of rotatable bonds is 13. The van der Waals surface area contributed by atoms with Gasteiger partial charge in [0.1, 0.15) is 12.7 Å². The summed E-state index contributed by atoms with van der Waals surface area (Å²) >= 11 is 0. The molecule has 0 radical (unpaired) electrons. The van der Waals surface area contributed by atoms with Crippen LogP contribution in [-0.4, -0.2) is 93.1 Å². The van der Waals surface area contributed by atoms with Crippen LogP contribution >= 0.6 is 0 Å². The Morgan fingerprint density at radius 2 is 1.48 bits per heavy atom. The van der Waals surface area contributed by atoms with Crippen molar-refractivity contribution in [2.45, 2.75) is 97.8 Å². The van der Waals surface area contributed by atoms with E-state index in [1.807, 2.05) is 6.92 Å². The molecule has 0 aliphatic carbocycles. The van der Waals surface area contributed by atoms with E-state index in [-0.39, 0.29) is 18.6 Å². The Hall–Kier alpha value is -3.98. The number of ether oxygens (including phenoxy) is 9. The van der Waals surface area contributed by atoms with Gasteiger partial charge in [-0.05, 0) is 13.3 Å². The molecule has 0 saturated carbocycles. The van der Waals surface area contributed by atoms with E-state index >= 15 is 0 Å². The Morgan fingerprint density at radius 1 is 0.864 bits per heavy atom. The zero-order valence-corrected chi connectivity index (χ0v) is 25.9. The maximum Gasteiger partial charge on any atom is 0.337 e. The summed E-state index contributed by atoms with van der Waals surface area (Å²) in [6, 6.07) is 0. The first-order valence-corrected chi connectivity index (χ1v) is 14.0. The molecule has 7 atom stereocenters. The number of esters is 6. The van der Waals surface area contributed by atoms with Gasteiger partial charge in [0.15, 0.2) is 18.3 Å². The van der Waals surface area contributed by atoms with Crippen molar-refractivity contribution in [1.29, 1.82) is 0 Å². The third-order valence-corrected chi connectivity index (χ3v) is 6.46. The summed E-state index contributed by atoms with van der Waals surface area (Å²) in [6.07, 6.45) is -4.67. The quantitative estimate of drug-likeness (QED) is 0.124. The number of allylic oxidation sites excluding steroid dienone is 1. The maximum atomic E-state index is 12.7. The average molecular weight is 629 g/mol. The molecular formula is C29H40O15. The lowest BCUT2D eigenvalue weighted by atomic mass is 9.86. The summed E-state index contributed by atoms with van der Waals surface area (Å²) in [7, 11) is 1.18. The van der Waals surface area contributed by atoms with Gasteiger partial charge in [0.2, 0.25) is 12.6 Å². The molecule has 15 heteroatoms. The van der Waals surface area contributed by atoms with E-state index in [0.29, 0.717) is 12.0 Å². The molecule has 2 rings (SSSR count). The molecule has 0 unspecified atom stereocenters. The van der Waals surface area contributed by atoms with Crippen molar-refractivity contribution in [2.75, 3.05) is 20.3 Å². The first kappa shape index (κ1) is 36.2. The third-order valence-electron chi connectivity index (χ3n) is 6.46. The Balaban J connectivity index is 2.51. The predicted octanol–water partition coefficient (Wildman–Crippen LogP) is 1.80. The monoisotopic (exact) mass is 628 g/mol. The van der Waals surface area contributed by atoms with Gasteiger partial charge in [-0.3, -0.25) is 24.0 Å². The van der Waals surface area contributed by atoms with E-state index in [9.17, 15) is 28.8 Å². The van der Waals surface area contributed by atoms with Crippen molar-refractivity contribution < 1.29 is 71.4 Å². The molecular weight excluding hydrogens is 588 g/mol. The van der Waals surface area contributed by atoms with Crippen molar-refractivity contribution in [3.8, 4) is 0 Å². The number of hydrogen-bond donors (Lipinski definition) is 0. The van der Waals surface area contributed by atoms with Crippen LogP contribution in [0.4, 0.5) is 0 Å². The second-order valence-electron chi connectivity index (χ2n) is 9.86. The van der Waals surface area contributed by atoms with Crippen molar-refractivity contribution in [2.24, 2.45) is 5.92 Å². The predicted molar refractivity (Wildman–Crippen MR) is 146 cm³/mol. The maximum absolute atomic E-state index is 12.7. The smallest absolute Gasteiger partial charge is 0.337 e. The fraction of sp³-hybridized carbons (Fsp3) is 0.655. The highest BCUT2D eigenvalue weighted by atomic mass is 16.8. The van der Waals surface area contributed by atoms with E-state index in [1.165, 1.54) is 7.11 Å². The zero-order chi connectivity index (χ0) is 33.0. The number of carbonyl (C=O) groups excluding carboxylic acids is 6. The summed E-state index contributed by atoms with van der Waals surface area (Å²) in [6.45, 7) is 7.74. The SMILES string of the molecule is C/C=C1/[C@H](O[C@@H]2O[C@H](COC(C)=O)[C@@H](OC(C)=O)[C@H](OC(C)=O)[C@H]2OC(C)=O)OC=C(C(=O)OC)[C@H]1CC(=O)OCCCC. The van der Waals surface area contributed by atoms with Gasteiger partial charge in [-0.15, -0.1) is 0 Å². The molecule has 0 aromatic heterocycles. The normalized spacial score (nSPS) is 27.2. The molecule has 0 amide bonds. The second kappa shape index (κ2) is 17.3. The van der Waals surface area contributed by atoms with Gasteiger partial charge in [-0.25, -0.2) is 4.79 Å². The topological polar surface area (TPSA) is 185 Å². The van der Waals surface area contributed by atoms with Gasteiger partial charge in [0, 0.05) is 39.2 Å². The van der Waals surface area contributed by atoms with Crippen LogP contribution in [0.5, 0.6) is 0 Å². The number of methoxy groups -OCH3 is 1. The molecule has 15 nitrogen and oxygen atoms in total. The summed E-state index contributed by atoms with van der Waals surface area (Å²) in [5.41, 5.74) is 0.322. The van der Waals surface area contributed by atoms with Gasteiger partial charge in [-0.2, -0.15) is 0 Å². The van der Waals surface area contributed by atoms with E-state index in [4.69, 9.17) is 42.6 Å². The lowest BCUT2D eigenvalue weighted by Gasteiger charge is -2.45. The van der Waals surface area contributed by atoms with Crippen LogP contribution in [0.15, 0.2) is 23.5 Å². The van der Waals surface area contributed by atoms with Crippen LogP contribution in [0.1, 0.15) is 60.8 Å². The average Bonchev–Trinajstić information content (AvgIpc) is 2.94. The van der Waals surface area contributed by atoms with Gasteiger partial charge >= 0.3 is 35.8 Å². The van der Waals surface area contributed by atoms with Crippen LogP contribution in [0.3, 0.4) is 0 Å². The Labute approximate surface area is 255 Å². The Kier molecular flexibility index (Phi) is 14.3. The molecule has 2 aliphatic heterocycles. The van der Waals surface area contributed by atoms with Crippen molar-refractivity contribution in [3.63, 3.8) is 0 Å². The third kappa shape index (κ3) is 10.3. The molecule has 44 heavy (non-hydrogen) atoms. The highest BCUT2D eigenvalue weighted by molar-refractivity contribution is 5.90. The van der Waals surface area contributed by atoms with Crippen LogP contribution in [0.2, 0.25) is 0 Å². The van der Waals surface area contributed by atoms with Crippen molar-refractivity contribution >= 4 is 35.8 Å². The highest BCUT2D eigenvalue weighted by Crippen LogP contribution is 2.37. The van der Waals surface area contributed by atoms with Crippen molar-refractivity contribution in [1.82, 2.24) is 0 Å². The van der Waals surface area contributed by atoms with Gasteiger partial charge in [0.25, 0.3) is 0 Å². The van der Waals surface area contributed by atoms with E-state index in [1.54, 1.807) is 13.0 Å². The molecule has 1 fully saturated rings. The largest absolute Gasteiger partial charge is 0.468 e. The zero-order valence-electron chi connectivity index (χ0n) is 25.9. The molecule has 0 bridgehead atoms.